The van der Waals surface area contributed by atoms with Crippen molar-refractivity contribution in [2.24, 2.45) is 0 Å². The minimum Gasteiger partial charge on any atom is -0.506 e. The highest BCUT2D eigenvalue weighted by atomic mass is 19.1. The van der Waals surface area contributed by atoms with Gasteiger partial charge in [-0.3, -0.25) is 4.98 Å². The molecule has 3 rings (SSSR count). The van der Waals surface area contributed by atoms with E-state index >= 15 is 0 Å². The van der Waals surface area contributed by atoms with Crippen molar-refractivity contribution < 1.29 is 14.2 Å². The van der Waals surface area contributed by atoms with E-state index in [-0.39, 0.29) is 17.7 Å². The van der Waals surface area contributed by atoms with Crippen LogP contribution < -0.4 is 0 Å². The van der Waals surface area contributed by atoms with Gasteiger partial charge in [0, 0.05) is 23.9 Å². The number of aromatic hydroxyl groups is 1. The Hall–Kier alpha value is -1.98. The number of hydrogen-bond acceptors (Lipinski definition) is 4. The maximum atomic E-state index is 13.0. The van der Waals surface area contributed by atoms with Crippen molar-refractivity contribution in [3.63, 3.8) is 0 Å². The smallest absolute Gasteiger partial charge is 0.144 e. The Labute approximate surface area is 122 Å². The number of benzene rings is 1. The van der Waals surface area contributed by atoms with Crippen molar-refractivity contribution in [1.29, 1.82) is 0 Å². The summed E-state index contributed by atoms with van der Waals surface area (Å²) in [7, 11) is 3.85. The molecule has 1 atom stereocenters. The van der Waals surface area contributed by atoms with E-state index < -0.39 is 0 Å². The Morgan fingerprint density at radius 3 is 2.71 bits per heavy atom. The van der Waals surface area contributed by atoms with Gasteiger partial charge in [-0.25, -0.2) is 4.39 Å². The van der Waals surface area contributed by atoms with Crippen molar-refractivity contribution >= 4 is 0 Å². The van der Waals surface area contributed by atoms with Gasteiger partial charge in [0.25, 0.3) is 0 Å². The largest absolute Gasteiger partial charge is 0.506 e. The summed E-state index contributed by atoms with van der Waals surface area (Å²) in [4.78, 5) is 6.28. The van der Waals surface area contributed by atoms with Gasteiger partial charge in [-0.1, -0.05) is 12.1 Å². The van der Waals surface area contributed by atoms with Crippen LogP contribution in [0.25, 0.3) is 0 Å². The molecule has 1 aliphatic heterocycles. The van der Waals surface area contributed by atoms with Crippen LogP contribution >= 0.6 is 0 Å². The molecule has 0 saturated carbocycles. The summed E-state index contributed by atoms with van der Waals surface area (Å²) in [5, 5.41) is 10.3. The molecule has 0 bridgehead atoms. The number of fused-ring (bicyclic) bond motifs is 1. The summed E-state index contributed by atoms with van der Waals surface area (Å²) in [6.07, 6.45) is 1.45. The molecule has 2 heterocycles. The van der Waals surface area contributed by atoms with Crippen LogP contribution in [0.2, 0.25) is 0 Å². The minimum atomic E-state index is -0.299. The summed E-state index contributed by atoms with van der Waals surface area (Å²) >= 11 is 0. The number of aromatic nitrogens is 1. The highest BCUT2D eigenvalue weighted by Gasteiger charge is 2.29. The zero-order valence-corrected chi connectivity index (χ0v) is 12.0. The number of halogens is 1. The zero-order chi connectivity index (χ0) is 15.0. The molecule has 0 aliphatic carbocycles. The number of nitrogens with zero attached hydrogens (tertiary/aromatic N) is 2. The molecule has 110 valence electrons. The monoisotopic (exact) mass is 288 g/mol. The molecule has 2 aromatic rings. The van der Waals surface area contributed by atoms with Gasteiger partial charge in [-0.15, -0.1) is 0 Å². The first kappa shape index (κ1) is 14.0. The second-order valence-corrected chi connectivity index (χ2v) is 5.47. The predicted octanol–water partition coefficient (Wildman–Crippen LogP) is 2.61. The Bertz CT molecular complexity index is 656. The molecule has 1 N–H and O–H groups in total. The Morgan fingerprint density at radius 1 is 1.33 bits per heavy atom. The average Bonchev–Trinajstić information content (AvgIpc) is 2.87. The average molecular weight is 288 g/mol. The molecule has 0 amide bonds. The Balaban J connectivity index is 1.96. The third kappa shape index (κ3) is 2.62. The molecule has 21 heavy (non-hydrogen) atoms. The summed E-state index contributed by atoms with van der Waals surface area (Å²) in [5.41, 5.74) is 3.12. The molecule has 4 nitrogen and oxygen atoms in total. The van der Waals surface area contributed by atoms with E-state index in [1.807, 2.05) is 19.0 Å². The van der Waals surface area contributed by atoms with E-state index in [1.54, 1.807) is 18.3 Å². The van der Waals surface area contributed by atoms with Crippen molar-refractivity contribution in [2.45, 2.75) is 19.3 Å². The fourth-order valence-electron chi connectivity index (χ4n) is 2.56. The molecule has 0 saturated heterocycles. The van der Waals surface area contributed by atoms with Crippen molar-refractivity contribution in [3.05, 3.63) is 58.7 Å². The normalized spacial score (nSPS) is 17.2. The van der Waals surface area contributed by atoms with E-state index in [0.717, 1.165) is 16.7 Å². The summed E-state index contributed by atoms with van der Waals surface area (Å²) in [6.45, 7) is 0.909. The van der Waals surface area contributed by atoms with Crippen molar-refractivity contribution in [3.8, 4) is 5.75 Å². The van der Waals surface area contributed by atoms with Gasteiger partial charge in [0.05, 0.1) is 12.3 Å². The first-order valence-electron chi connectivity index (χ1n) is 6.77. The second kappa shape index (κ2) is 5.42. The first-order chi connectivity index (χ1) is 10.1. The SMILES string of the molecule is CN(C)Cc1ncc2c(c1O)COC2c1ccc(F)cc1. The lowest BCUT2D eigenvalue weighted by molar-refractivity contribution is 0.0931. The van der Waals surface area contributed by atoms with Gasteiger partial charge in [0.2, 0.25) is 0 Å². The molecule has 0 fully saturated rings. The molecule has 1 aliphatic rings. The van der Waals surface area contributed by atoms with Crippen LogP contribution in [0.4, 0.5) is 4.39 Å². The maximum absolute atomic E-state index is 13.0. The molecule has 5 heteroatoms. The lowest BCUT2D eigenvalue weighted by Crippen LogP contribution is -2.12. The van der Waals surface area contributed by atoms with Crippen LogP contribution in [0, 0.1) is 5.82 Å². The van der Waals surface area contributed by atoms with Gasteiger partial charge >= 0.3 is 0 Å². The van der Waals surface area contributed by atoms with Crippen LogP contribution in [-0.4, -0.2) is 29.1 Å². The van der Waals surface area contributed by atoms with Crippen LogP contribution in [0.15, 0.2) is 30.5 Å². The van der Waals surface area contributed by atoms with E-state index in [2.05, 4.69) is 4.98 Å². The predicted molar refractivity (Wildman–Crippen MR) is 76.3 cm³/mol. The van der Waals surface area contributed by atoms with Gasteiger partial charge in [0.1, 0.15) is 17.7 Å². The Kier molecular flexibility index (Phi) is 3.61. The Morgan fingerprint density at radius 2 is 2.05 bits per heavy atom. The zero-order valence-electron chi connectivity index (χ0n) is 12.0. The second-order valence-electron chi connectivity index (χ2n) is 5.47. The molecule has 1 unspecified atom stereocenters. The topological polar surface area (TPSA) is 45.6 Å². The molecule has 0 radical (unpaired) electrons. The van der Waals surface area contributed by atoms with E-state index in [0.29, 0.717) is 18.8 Å². The van der Waals surface area contributed by atoms with E-state index in [1.165, 1.54) is 12.1 Å². The molecular weight excluding hydrogens is 271 g/mol. The van der Waals surface area contributed by atoms with Gasteiger partial charge in [-0.05, 0) is 31.8 Å². The van der Waals surface area contributed by atoms with Gasteiger partial charge in [0.15, 0.2) is 0 Å². The summed E-state index contributed by atoms with van der Waals surface area (Å²) < 4.78 is 18.8. The van der Waals surface area contributed by atoms with Crippen LogP contribution in [0.1, 0.15) is 28.5 Å². The third-order valence-corrected chi connectivity index (χ3v) is 3.58. The molecular formula is C16H17FN2O2. The number of pyridine rings is 1. The van der Waals surface area contributed by atoms with Crippen LogP contribution in [0.5, 0.6) is 5.75 Å². The van der Waals surface area contributed by atoms with Gasteiger partial charge < -0.3 is 14.7 Å². The minimum absolute atomic E-state index is 0.200. The van der Waals surface area contributed by atoms with Gasteiger partial charge in [-0.2, -0.15) is 0 Å². The highest BCUT2D eigenvalue weighted by molar-refractivity contribution is 5.46. The standard InChI is InChI=1S/C16H17FN2O2/c1-19(2)8-14-15(20)13-9-21-16(12(13)7-18-14)10-3-5-11(17)6-4-10/h3-7,16,20H,8-9H2,1-2H3. The molecule has 0 spiro atoms. The number of rotatable bonds is 3. The lowest BCUT2D eigenvalue weighted by Gasteiger charge is -2.14. The van der Waals surface area contributed by atoms with Crippen LogP contribution in [0.3, 0.4) is 0 Å². The van der Waals surface area contributed by atoms with Crippen molar-refractivity contribution in [1.82, 2.24) is 9.88 Å². The number of ether oxygens (including phenoxy) is 1. The highest BCUT2D eigenvalue weighted by Crippen LogP contribution is 2.40. The van der Waals surface area contributed by atoms with E-state index in [4.69, 9.17) is 4.74 Å². The molecule has 1 aromatic carbocycles. The fraction of sp³-hybridized carbons (Fsp3) is 0.312. The quantitative estimate of drug-likeness (QED) is 0.943. The number of hydrogen-bond donors (Lipinski definition) is 1. The lowest BCUT2D eigenvalue weighted by atomic mass is 10.00. The first-order valence-corrected chi connectivity index (χ1v) is 6.77. The fourth-order valence-corrected chi connectivity index (χ4v) is 2.56. The molecule has 1 aromatic heterocycles. The summed E-state index contributed by atoms with van der Waals surface area (Å²) in [5.74, 6) is -0.0786. The van der Waals surface area contributed by atoms with Crippen molar-refractivity contribution in [2.75, 3.05) is 14.1 Å². The maximum Gasteiger partial charge on any atom is 0.144 e. The summed E-state index contributed by atoms with van der Waals surface area (Å²) in [6, 6.07) is 6.20. The van der Waals surface area contributed by atoms with Crippen LogP contribution in [-0.2, 0) is 17.9 Å². The van der Waals surface area contributed by atoms with E-state index in [9.17, 15) is 9.50 Å². The third-order valence-electron chi connectivity index (χ3n) is 3.58.